The predicted molar refractivity (Wildman–Crippen MR) is 81.8 cm³/mol. The van der Waals surface area contributed by atoms with Gasteiger partial charge in [-0.1, -0.05) is 12.1 Å². The summed E-state index contributed by atoms with van der Waals surface area (Å²) in [4.78, 5) is 15.6. The molecule has 1 amide bonds. The number of aromatic nitrogens is 1. The fourth-order valence-electron chi connectivity index (χ4n) is 1.87. The number of ether oxygens (including phenoxy) is 2. The van der Waals surface area contributed by atoms with Crippen molar-refractivity contribution in [1.82, 2.24) is 10.4 Å². The third-order valence-electron chi connectivity index (χ3n) is 2.94. The number of nitrogens with zero attached hydrogens (tertiary/aromatic N) is 2. The highest BCUT2D eigenvalue weighted by atomic mass is 16.7. The van der Waals surface area contributed by atoms with Crippen LogP contribution in [0.1, 0.15) is 15.9 Å². The molecule has 0 spiro atoms. The first kappa shape index (κ1) is 13.8. The van der Waals surface area contributed by atoms with Crippen LogP contribution in [-0.4, -0.2) is 23.9 Å². The van der Waals surface area contributed by atoms with Gasteiger partial charge < -0.3 is 9.47 Å². The highest BCUT2D eigenvalue weighted by molar-refractivity contribution is 5.94. The van der Waals surface area contributed by atoms with Crippen molar-refractivity contribution in [2.24, 2.45) is 5.10 Å². The lowest BCUT2D eigenvalue weighted by molar-refractivity contribution is 0.0955. The first-order valence-corrected chi connectivity index (χ1v) is 6.63. The van der Waals surface area contributed by atoms with Gasteiger partial charge in [0.2, 0.25) is 6.79 Å². The first-order chi connectivity index (χ1) is 10.8. The van der Waals surface area contributed by atoms with Crippen molar-refractivity contribution >= 4 is 18.2 Å². The van der Waals surface area contributed by atoms with Crippen molar-refractivity contribution in [3.8, 4) is 11.5 Å². The standard InChI is InChI=1S/C16H13N3O3/c20-16(13-4-2-7-17-10-13)19-18-8-1-3-12-5-6-14-15(9-12)22-11-21-14/h1-10H,11H2,(H,19,20)/b3-1+,18-8+. The number of rotatable bonds is 4. The van der Waals surface area contributed by atoms with Gasteiger partial charge in [0.05, 0.1) is 5.56 Å². The number of amides is 1. The molecule has 0 radical (unpaired) electrons. The molecule has 0 bridgehead atoms. The first-order valence-electron chi connectivity index (χ1n) is 6.63. The fourth-order valence-corrected chi connectivity index (χ4v) is 1.87. The summed E-state index contributed by atoms with van der Waals surface area (Å²) in [5.74, 6) is 1.17. The second kappa shape index (κ2) is 6.53. The molecule has 110 valence electrons. The van der Waals surface area contributed by atoms with Crippen molar-refractivity contribution in [2.45, 2.75) is 0 Å². The second-order valence-electron chi connectivity index (χ2n) is 4.43. The van der Waals surface area contributed by atoms with E-state index in [0.29, 0.717) is 5.56 Å². The van der Waals surface area contributed by atoms with E-state index < -0.39 is 0 Å². The minimum Gasteiger partial charge on any atom is -0.454 e. The lowest BCUT2D eigenvalue weighted by atomic mass is 10.2. The Labute approximate surface area is 127 Å². The number of hydrogen-bond acceptors (Lipinski definition) is 5. The van der Waals surface area contributed by atoms with Crippen molar-refractivity contribution in [2.75, 3.05) is 6.79 Å². The smallest absolute Gasteiger partial charge is 0.272 e. The maximum absolute atomic E-state index is 11.7. The van der Waals surface area contributed by atoms with Crippen LogP contribution in [0, 0.1) is 0 Å². The minimum atomic E-state index is -0.305. The molecule has 1 aromatic carbocycles. The summed E-state index contributed by atoms with van der Waals surface area (Å²) in [6.07, 6.45) is 8.16. The highest BCUT2D eigenvalue weighted by Gasteiger charge is 2.11. The Morgan fingerprint density at radius 3 is 3.05 bits per heavy atom. The SMILES string of the molecule is O=C(N/N=C/C=C/c1ccc2c(c1)OCO2)c1cccnc1. The fraction of sp³-hybridized carbons (Fsp3) is 0.0625. The largest absolute Gasteiger partial charge is 0.454 e. The molecule has 2 aromatic rings. The van der Waals surface area contributed by atoms with Gasteiger partial charge in [0.25, 0.3) is 5.91 Å². The van der Waals surface area contributed by atoms with Gasteiger partial charge in [-0.05, 0) is 35.9 Å². The van der Waals surface area contributed by atoms with Gasteiger partial charge >= 0.3 is 0 Å². The number of allylic oxidation sites excluding steroid dienone is 1. The van der Waals surface area contributed by atoms with Crippen LogP contribution in [0.4, 0.5) is 0 Å². The van der Waals surface area contributed by atoms with Gasteiger partial charge in [-0.25, -0.2) is 5.43 Å². The Kier molecular flexibility index (Phi) is 4.10. The molecule has 6 heteroatoms. The molecule has 3 rings (SSSR count). The number of benzene rings is 1. The molecule has 0 atom stereocenters. The van der Waals surface area contributed by atoms with E-state index in [9.17, 15) is 4.79 Å². The zero-order valence-electron chi connectivity index (χ0n) is 11.6. The number of hydrazone groups is 1. The minimum absolute atomic E-state index is 0.254. The van der Waals surface area contributed by atoms with Gasteiger partial charge in [-0.3, -0.25) is 9.78 Å². The normalized spacial score (nSPS) is 12.9. The van der Waals surface area contributed by atoms with E-state index >= 15 is 0 Å². The predicted octanol–water partition coefficient (Wildman–Crippen LogP) is 2.24. The van der Waals surface area contributed by atoms with E-state index in [0.717, 1.165) is 17.1 Å². The van der Waals surface area contributed by atoms with E-state index in [2.05, 4.69) is 15.5 Å². The van der Waals surface area contributed by atoms with E-state index in [-0.39, 0.29) is 12.7 Å². The number of carbonyl (C=O) groups excluding carboxylic acids is 1. The molecule has 1 aliphatic rings. The number of pyridine rings is 1. The lowest BCUT2D eigenvalue weighted by Gasteiger charge is -1.97. The topological polar surface area (TPSA) is 72.8 Å². The Morgan fingerprint density at radius 1 is 1.27 bits per heavy atom. The average molecular weight is 295 g/mol. The van der Waals surface area contributed by atoms with Crippen molar-refractivity contribution in [3.63, 3.8) is 0 Å². The maximum Gasteiger partial charge on any atom is 0.272 e. The van der Waals surface area contributed by atoms with Gasteiger partial charge in [-0.2, -0.15) is 5.10 Å². The summed E-state index contributed by atoms with van der Waals surface area (Å²) >= 11 is 0. The van der Waals surface area contributed by atoms with E-state index in [4.69, 9.17) is 9.47 Å². The van der Waals surface area contributed by atoms with Crippen LogP contribution in [0.25, 0.3) is 6.08 Å². The Morgan fingerprint density at radius 2 is 2.18 bits per heavy atom. The van der Waals surface area contributed by atoms with Crippen LogP contribution in [0.2, 0.25) is 0 Å². The van der Waals surface area contributed by atoms with Crippen molar-refractivity contribution in [1.29, 1.82) is 0 Å². The van der Waals surface area contributed by atoms with E-state index in [1.807, 2.05) is 24.3 Å². The molecule has 1 aliphatic heterocycles. The number of fused-ring (bicyclic) bond motifs is 1. The molecule has 0 fully saturated rings. The van der Waals surface area contributed by atoms with E-state index in [1.165, 1.54) is 12.4 Å². The van der Waals surface area contributed by atoms with Gasteiger partial charge in [-0.15, -0.1) is 0 Å². The number of hydrogen-bond donors (Lipinski definition) is 1. The molecule has 0 saturated heterocycles. The summed E-state index contributed by atoms with van der Waals surface area (Å²) < 4.78 is 10.5. The maximum atomic E-state index is 11.7. The quantitative estimate of drug-likeness (QED) is 0.693. The van der Waals surface area contributed by atoms with Gasteiger partial charge in [0, 0.05) is 18.6 Å². The van der Waals surface area contributed by atoms with Crippen LogP contribution in [0.3, 0.4) is 0 Å². The lowest BCUT2D eigenvalue weighted by Crippen LogP contribution is -2.17. The van der Waals surface area contributed by atoms with Crippen molar-refractivity contribution in [3.05, 3.63) is 59.9 Å². The molecule has 2 heterocycles. The Balaban J connectivity index is 1.55. The third-order valence-corrected chi connectivity index (χ3v) is 2.94. The molecule has 22 heavy (non-hydrogen) atoms. The second-order valence-corrected chi connectivity index (χ2v) is 4.43. The summed E-state index contributed by atoms with van der Waals surface area (Å²) in [6, 6.07) is 8.99. The monoisotopic (exact) mass is 295 g/mol. The zero-order chi connectivity index (χ0) is 15.2. The Bertz CT molecular complexity index is 727. The molecular weight excluding hydrogens is 282 g/mol. The van der Waals surface area contributed by atoms with Crippen LogP contribution in [0.15, 0.2) is 53.9 Å². The third kappa shape index (κ3) is 3.29. The van der Waals surface area contributed by atoms with Crippen LogP contribution < -0.4 is 14.9 Å². The van der Waals surface area contributed by atoms with Crippen LogP contribution in [0.5, 0.6) is 11.5 Å². The summed E-state index contributed by atoms with van der Waals surface area (Å²) in [5, 5.41) is 3.84. The molecule has 1 N–H and O–H groups in total. The summed E-state index contributed by atoms with van der Waals surface area (Å²) in [6.45, 7) is 0.254. The average Bonchev–Trinajstić information content (AvgIpc) is 3.03. The van der Waals surface area contributed by atoms with Gasteiger partial charge in [0.1, 0.15) is 0 Å². The molecule has 0 unspecified atom stereocenters. The van der Waals surface area contributed by atoms with Crippen LogP contribution in [-0.2, 0) is 0 Å². The molecule has 0 aliphatic carbocycles. The molecule has 6 nitrogen and oxygen atoms in total. The molecule has 0 saturated carbocycles. The molecular formula is C16H13N3O3. The van der Waals surface area contributed by atoms with Crippen LogP contribution >= 0.6 is 0 Å². The molecule has 1 aromatic heterocycles. The van der Waals surface area contributed by atoms with E-state index in [1.54, 1.807) is 24.4 Å². The number of carbonyl (C=O) groups is 1. The zero-order valence-corrected chi connectivity index (χ0v) is 11.6. The number of nitrogens with one attached hydrogen (secondary N) is 1. The summed E-state index contributed by atoms with van der Waals surface area (Å²) in [7, 11) is 0. The van der Waals surface area contributed by atoms with Gasteiger partial charge in [0.15, 0.2) is 11.5 Å². The highest BCUT2D eigenvalue weighted by Crippen LogP contribution is 2.32. The summed E-state index contributed by atoms with van der Waals surface area (Å²) in [5.41, 5.74) is 3.83. The Hall–Kier alpha value is -3.15. The van der Waals surface area contributed by atoms with Crippen molar-refractivity contribution < 1.29 is 14.3 Å².